The predicted molar refractivity (Wildman–Crippen MR) is 120 cm³/mol. The minimum atomic E-state index is -0.327. The van der Waals surface area contributed by atoms with Crippen molar-refractivity contribution >= 4 is 34.7 Å². The molecule has 156 valence electrons. The Kier molecular flexibility index (Phi) is 5.61. The van der Waals surface area contributed by atoms with Crippen molar-refractivity contribution in [2.75, 3.05) is 16.0 Å². The van der Waals surface area contributed by atoms with Crippen LogP contribution < -0.4 is 16.0 Å². The second-order valence-corrected chi connectivity index (χ2v) is 7.19. The summed E-state index contributed by atoms with van der Waals surface area (Å²) >= 11 is 0. The molecule has 3 N–H and O–H groups in total. The number of anilines is 5. The average Bonchev–Trinajstić information content (AvgIpc) is 3.17. The number of benzene rings is 2. The van der Waals surface area contributed by atoms with E-state index in [1.807, 2.05) is 56.3 Å². The van der Waals surface area contributed by atoms with Gasteiger partial charge in [-0.3, -0.25) is 4.79 Å². The monoisotopic (exact) mass is 414 g/mol. The first-order chi connectivity index (χ1) is 14.9. The van der Waals surface area contributed by atoms with E-state index in [1.54, 1.807) is 25.1 Å². The Morgan fingerprint density at radius 3 is 2.13 bits per heavy atom. The van der Waals surface area contributed by atoms with Crippen LogP contribution in [0.4, 0.5) is 28.8 Å². The summed E-state index contributed by atoms with van der Waals surface area (Å²) in [5.41, 5.74) is 4.66. The molecule has 0 aliphatic heterocycles. The summed E-state index contributed by atoms with van der Waals surface area (Å²) in [5, 5.41) is 13.0. The molecule has 0 radical (unpaired) electrons. The zero-order valence-corrected chi connectivity index (χ0v) is 17.4. The number of carbonyl (C=O) groups excluding carboxylic acids is 1. The van der Waals surface area contributed by atoms with Crippen molar-refractivity contribution < 1.29 is 9.32 Å². The highest BCUT2D eigenvalue weighted by molar-refractivity contribution is 6.02. The van der Waals surface area contributed by atoms with Gasteiger partial charge in [-0.05, 0) is 57.2 Å². The number of nitrogens with zero attached hydrogens (tertiary/aromatic N) is 3. The van der Waals surface area contributed by atoms with Crippen molar-refractivity contribution in [1.29, 1.82) is 0 Å². The molecule has 0 saturated carbocycles. The lowest BCUT2D eigenvalue weighted by molar-refractivity contribution is 0.101. The van der Waals surface area contributed by atoms with Crippen molar-refractivity contribution in [1.82, 2.24) is 15.1 Å². The van der Waals surface area contributed by atoms with E-state index in [2.05, 4.69) is 31.1 Å². The van der Waals surface area contributed by atoms with Gasteiger partial charge in [-0.2, -0.15) is 4.98 Å². The molecule has 0 aliphatic rings. The summed E-state index contributed by atoms with van der Waals surface area (Å²) in [4.78, 5) is 21.2. The minimum absolute atomic E-state index is 0.237. The lowest BCUT2D eigenvalue weighted by atomic mass is 10.2. The van der Waals surface area contributed by atoms with Gasteiger partial charge in [-0.1, -0.05) is 22.9 Å². The van der Waals surface area contributed by atoms with Gasteiger partial charge in [0.1, 0.15) is 11.6 Å². The average molecular weight is 414 g/mol. The van der Waals surface area contributed by atoms with Crippen LogP contribution in [0.3, 0.4) is 0 Å². The summed E-state index contributed by atoms with van der Waals surface area (Å²) in [6.45, 7) is 5.70. The first-order valence-corrected chi connectivity index (χ1v) is 9.76. The second kappa shape index (κ2) is 8.66. The van der Waals surface area contributed by atoms with Crippen molar-refractivity contribution in [3.05, 3.63) is 83.4 Å². The first kappa shape index (κ1) is 20.1. The van der Waals surface area contributed by atoms with Crippen LogP contribution in [-0.4, -0.2) is 21.0 Å². The van der Waals surface area contributed by atoms with Crippen molar-refractivity contribution in [2.24, 2.45) is 0 Å². The van der Waals surface area contributed by atoms with Crippen LogP contribution in [0.15, 0.2) is 65.2 Å². The molecule has 4 rings (SSSR count). The van der Waals surface area contributed by atoms with E-state index in [1.165, 1.54) is 5.56 Å². The number of aromatic nitrogens is 3. The molecule has 2 heterocycles. The Hall–Kier alpha value is -4.20. The lowest BCUT2D eigenvalue weighted by Crippen LogP contribution is -2.12. The molecule has 0 bridgehead atoms. The van der Waals surface area contributed by atoms with Gasteiger partial charge in [-0.15, -0.1) is 0 Å². The van der Waals surface area contributed by atoms with E-state index in [0.29, 0.717) is 23.2 Å². The van der Waals surface area contributed by atoms with Gasteiger partial charge in [0, 0.05) is 34.9 Å². The molecule has 0 atom stereocenters. The van der Waals surface area contributed by atoms with Crippen LogP contribution in [0.2, 0.25) is 0 Å². The van der Waals surface area contributed by atoms with E-state index in [-0.39, 0.29) is 11.6 Å². The van der Waals surface area contributed by atoms with Crippen LogP contribution in [0, 0.1) is 20.8 Å². The highest BCUT2D eigenvalue weighted by Gasteiger charge is 2.11. The second-order valence-electron chi connectivity index (χ2n) is 7.19. The largest absolute Gasteiger partial charge is 0.361 e. The third-order valence-corrected chi connectivity index (χ3v) is 4.44. The Morgan fingerprint density at radius 2 is 1.45 bits per heavy atom. The zero-order valence-electron chi connectivity index (χ0n) is 17.4. The standard InChI is InChI=1S/C23H22N6O2/c1-14-4-6-17(7-5-14)25-21-12-15(2)24-23(28-21)27-19-10-8-18(9-11-19)26-22(30)20-13-16(3)31-29-20/h4-13H,1-3H3,(H,26,30)(H2,24,25,27,28). The molecule has 0 unspecified atom stereocenters. The molecule has 0 fully saturated rings. The highest BCUT2D eigenvalue weighted by Crippen LogP contribution is 2.21. The first-order valence-electron chi connectivity index (χ1n) is 9.76. The van der Waals surface area contributed by atoms with Crippen molar-refractivity contribution in [2.45, 2.75) is 20.8 Å². The molecule has 4 aromatic rings. The number of amides is 1. The van der Waals surface area contributed by atoms with Crippen LogP contribution in [0.1, 0.15) is 27.5 Å². The summed E-state index contributed by atoms with van der Waals surface area (Å²) in [6.07, 6.45) is 0. The van der Waals surface area contributed by atoms with E-state index in [4.69, 9.17) is 4.52 Å². The molecule has 8 heteroatoms. The Bertz CT molecular complexity index is 1200. The van der Waals surface area contributed by atoms with Crippen LogP contribution in [0.5, 0.6) is 0 Å². The van der Waals surface area contributed by atoms with E-state index in [0.717, 1.165) is 17.1 Å². The van der Waals surface area contributed by atoms with Crippen LogP contribution >= 0.6 is 0 Å². The van der Waals surface area contributed by atoms with E-state index < -0.39 is 0 Å². The zero-order chi connectivity index (χ0) is 21.8. The van der Waals surface area contributed by atoms with Gasteiger partial charge in [-0.25, -0.2) is 4.98 Å². The van der Waals surface area contributed by atoms with Gasteiger partial charge in [0.15, 0.2) is 5.69 Å². The molecule has 0 spiro atoms. The van der Waals surface area contributed by atoms with E-state index in [9.17, 15) is 4.79 Å². The summed E-state index contributed by atoms with van der Waals surface area (Å²) in [5.74, 6) is 1.43. The van der Waals surface area contributed by atoms with Gasteiger partial charge in [0.05, 0.1) is 0 Å². The molecular formula is C23H22N6O2. The topological polar surface area (TPSA) is 105 Å². The maximum atomic E-state index is 12.2. The van der Waals surface area contributed by atoms with Gasteiger partial charge < -0.3 is 20.5 Å². The maximum absolute atomic E-state index is 12.2. The normalized spacial score (nSPS) is 10.5. The van der Waals surface area contributed by atoms with Gasteiger partial charge >= 0.3 is 0 Å². The highest BCUT2D eigenvalue weighted by atomic mass is 16.5. The number of hydrogen-bond acceptors (Lipinski definition) is 7. The minimum Gasteiger partial charge on any atom is -0.361 e. The molecule has 31 heavy (non-hydrogen) atoms. The van der Waals surface area contributed by atoms with Crippen LogP contribution in [0.25, 0.3) is 0 Å². The summed E-state index contributed by atoms with van der Waals surface area (Å²) in [6, 6.07) is 18.8. The van der Waals surface area contributed by atoms with Crippen LogP contribution in [-0.2, 0) is 0 Å². The summed E-state index contributed by atoms with van der Waals surface area (Å²) < 4.78 is 4.93. The Morgan fingerprint density at radius 1 is 0.806 bits per heavy atom. The Labute approximate surface area is 179 Å². The van der Waals surface area contributed by atoms with E-state index >= 15 is 0 Å². The fourth-order valence-corrected chi connectivity index (χ4v) is 2.91. The number of aryl methyl sites for hydroxylation is 3. The fraction of sp³-hybridized carbons (Fsp3) is 0.130. The number of nitrogens with one attached hydrogen (secondary N) is 3. The SMILES string of the molecule is Cc1ccc(Nc2cc(C)nc(Nc3ccc(NC(=O)c4cc(C)on4)cc3)n2)cc1. The molecule has 0 saturated heterocycles. The fourth-order valence-electron chi connectivity index (χ4n) is 2.91. The smallest absolute Gasteiger partial charge is 0.277 e. The lowest BCUT2D eigenvalue weighted by Gasteiger charge is -2.11. The quantitative estimate of drug-likeness (QED) is 0.402. The Balaban J connectivity index is 1.43. The van der Waals surface area contributed by atoms with Gasteiger partial charge in [0.25, 0.3) is 5.91 Å². The number of hydrogen-bond donors (Lipinski definition) is 3. The predicted octanol–water partition coefficient (Wildman–Crippen LogP) is 5.13. The molecule has 0 aliphatic carbocycles. The number of rotatable bonds is 6. The third-order valence-electron chi connectivity index (χ3n) is 4.44. The molecule has 1 amide bonds. The summed E-state index contributed by atoms with van der Waals surface area (Å²) in [7, 11) is 0. The van der Waals surface area contributed by atoms with Gasteiger partial charge in [0.2, 0.25) is 5.95 Å². The number of carbonyl (C=O) groups is 1. The molecule has 8 nitrogen and oxygen atoms in total. The molecular weight excluding hydrogens is 392 g/mol. The van der Waals surface area contributed by atoms with Crippen molar-refractivity contribution in [3.8, 4) is 0 Å². The third kappa shape index (κ3) is 5.24. The maximum Gasteiger partial charge on any atom is 0.277 e. The molecule has 2 aromatic carbocycles. The van der Waals surface area contributed by atoms with Crippen molar-refractivity contribution in [3.63, 3.8) is 0 Å². The molecule has 2 aromatic heterocycles.